The Morgan fingerprint density at radius 1 is 1.15 bits per heavy atom. The molecule has 4 rings (SSSR count). The van der Waals surface area contributed by atoms with E-state index in [9.17, 15) is 13.2 Å². The third kappa shape index (κ3) is 8.81. The topological polar surface area (TPSA) is 208 Å². The van der Waals surface area contributed by atoms with E-state index in [0.717, 1.165) is 12.0 Å². The SMILES string of the molecule is Cc1cc(-c2ccc(C(=O)NS(=O)(=O)c3cccc(N)n3)c(N3C[C@@H](C)CC3(C)C)n2)cnc1OCCOCCOCCN=[N+]=[N-]. The Hall–Kier alpha value is -4.50. The largest absolute Gasteiger partial charge is 0.475 e. The van der Waals surface area contributed by atoms with E-state index in [4.69, 9.17) is 30.5 Å². The number of hydrogen-bond donors (Lipinski definition) is 2. The number of carbonyl (C=O) groups is 1. The van der Waals surface area contributed by atoms with E-state index >= 15 is 0 Å². The number of nitrogens with two attached hydrogens (primary N) is 1. The van der Waals surface area contributed by atoms with Crippen molar-refractivity contribution >= 4 is 27.6 Å². The minimum absolute atomic E-state index is 0.0188. The van der Waals surface area contributed by atoms with Crippen LogP contribution in [0.1, 0.15) is 43.1 Å². The van der Waals surface area contributed by atoms with Crippen LogP contribution in [0, 0.1) is 12.8 Å². The number of carbonyl (C=O) groups excluding carboxylic acids is 1. The second-order valence-corrected chi connectivity index (χ2v) is 13.1. The number of anilines is 2. The normalized spacial score (nSPS) is 15.7. The molecule has 1 fully saturated rings. The number of aromatic nitrogens is 3. The maximum absolute atomic E-state index is 13.5. The molecule has 1 amide bonds. The van der Waals surface area contributed by atoms with E-state index in [1.807, 2.05) is 17.9 Å². The summed E-state index contributed by atoms with van der Waals surface area (Å²) in [6.07, 6.45) is 2.51. The van der Waals surface area contributed by atoms with Gasteiger partial charge in [0.15, 0.2) is 5.03 Å². The Balaban J connectivity index is 1.50. The van der Waals surface area contributed by atoms with Gasteiger partial charge in [0.25, 0.3) is 15.9 Å². The standard InChI is InChI=1S/C30H39N9O6S/c1-20-17-30(3,4)39(19-20)27-23(28(40)37-46(41,42)26-7-5-6-25(31)36-26)8-9-24(35-27)22-16-21(2)29(33-18-22)45-15-14-44-13-12-43-11-10-34-38-32/h5-9,16,18,20H,10-15,17,19H2,1-4H3,(H2,31,36)(H,37,40)/t20-/m0/s1. The molecule has 1 saturated heterocycles. The van der Waals surface area contributed by atoms with Gasteiger partial charge in [0.1, 0.15) is 18.2 Å². The van der Waals surface area contributed by atoms with Gasteiger partial charge in [-0.25, -0.2) is 19.7 Å². The summed E-state index contributed by atoms with van der Waals surface area (Å²) in [5.74, 6) is 0.345. The highest BCUT2D eigenvalue weighted by molar-refractivity contribution is 7.90. The minimum Gasteiger partial charge on any atom is -0.475 e. The maximum atomic E-state index is 13.5. The number of hydrogen-bond acceptors (Lipinski definition) is 12. The molecule has 15 nitrogen and oxygen atoms in total. The molecule has 3 aromatic rings. The van der Waals surface area contributed by atoms with Gasteiger partial charge in [-0.05, 0) is 69.0 Å². The van der Waals surface area contributed by atoms with Gasteiger partial charge in [-0.15, -0.1) is 0 Å². The van der Waals surface area contributed by atoms with E-state index in [-0.39, 0.29) is 35.1 Å². The van der Waals surface area contributed by atoms with Gasteiger partial charge in [0.05, 0.1) is 37.7 Å². The Kier molecular flexibility index (Phi) is 11.4. The zero-order valence-electron chi connectivity index (χ0n) is 26.3. The lowest BCUT2D eigenvalue weighted by molar-refractivity contribution is 0.0382. The average molecular weight is 654 g/mol. The molecular formula is C30H39N9O6S. The summed E-state index contributed by atoms with van der Waals surface area (Å²) in [4.78, 5) is 31.4. The lowest BCUT2D eigenvalue weighted by Gasteiger charge is -2.34. The maximum Gasteiger partial charge on any atom is 0.281 e. The van der Waals surface area contributed by atoms with Crippen molar-refractivity contribution in [3.8, 4) is 17.1 Å². The Labute approximate surface area is 268 Å². The summed E-state index contributed by atoms with van der Waals surface area (Å²) in [6, 6.07) is 9.30. The third-order valence-corrected chi connectivity index (χ3v) is 8.49. The van der Waals surface area contributed by atoms with Crippen molar-refractivity contribution in [3.63, 3.8) is 0 Å². The Morgan fingerprint density at radius 2 is 1.89 bits per heavy atom. The Morgan fingerprint density at radius 3 is 2.57 bits per heavy atom. The first-order chi connectivity index (χ1) is 21.9. The molecule has 46 heavy (non-hydrogen) atoms. The number of ether oxygens (including phenoxy) is 3. The zero-order chi connectivity index (χ0) is 33.3. The van der Waals surface area contributed by atoms with Gasteiger partial charge in [-0.2, -0.15) is 8.42 Å². The van der Waals surface area contributed by atoms with Crippen LogP contribution in [0.25, 0.3) is 21.7 Å². The molecule has 16 heteroatoms. The van der Waals surface area contributed by atoms with Crippen LogP contribution in [0.4, 0.5) is 11.6 Å². The molecule has 0 aromatic carbocycles. The van der Waals surface area contributed by atoms with Crippen molar-refractivity contribution in [1.29, 1.82) is 0 Å². The summed E-state index contributed by atoms with van der Waals surface area (Å²) in [5, 5.41) is 3.04. The van der Waals surface area contributed by atoms with Gasteiger partial charge in [-0.1, -0.05) is 18.1 Å². The summed E-state index contributed by atoms with van der Waals surface area (Å²) >= 11 is 0. The monoisotopic (exact) mass is 653 g/mol. The molecule has 1 atom stereocenters. The van der Waals surface area contributed by atoms with Crippen LogP contribution in [-0.4, -0.2) is 80.9 Å². The quantitative estimate of drug-likeness (QED) is 0.104. The first kappa shape index (κ1) is 34.4. The predicted molar refractivity (Wildman–Crippen MR) is 172 cm³/mol. The van der Waals surface area contributed by atoms with Crippen LogP contribution >= 0.6 is 0 Å². The lowest BCUT2D eigenvalue weighted by atomic mass is 9.97. The van der Waals surface area contributed by atoms with Crippen LogP contribution < -0.4 is 20.1 Å². The zero-order valence-corrected chi connectivity index (χ0v) is 27.2. The van der Waals surface area contributed by atoms with Gasteiger partial charge in [-0.3, -0.25) is 4.79 Å². The summed E-state index contributed by atoms with van der Waals surface area (Å²) in [7, 11) is -4.29. The number of sulfonamides is 1. The molecule has 0 radical (unpaired) electrons. The van der Waals surface area contributed by atoms with Crippen molar-refractivity contribution in [2.24, 2.45) is 11.0 Å². The van der Waals surface area contributed by atoms with Gasteiger partial charge >= 0.3 is 0 Å². The van der Waals surface area contributed by atoms with Crippen LogP contribution in [0.5, 0.6) is 5.88 Å². The molecule has 3 N–H and O–H groups in total. The van der Waals surface area contributed by atoms with Gasteiger partial charge in [0.2, 0.25) is 5.88 Å². The van der Waals surface area contributed by atoms with E-state index in [1.54, 1.807) is 18.3 Å². The second-order valence-electron chi connectivity index (χ2n) is 11.5. The number of amides is 1. The van der Waals surface area contributed by atoms with Crippen LogP contribution in [-0.2, 0) is 19.5 Å². The molecule has 246 valence electrons. The molecule has 0 saturated carbocycles. The first-order valence-electron chi connectivity index (χ1n) is 14.8. The molecule has 0 bridgehead atoms. The summed E-state index contributed by atoms with van der Waals surface area (Å²) in [5.41, 5.74) is 15.7. The number of nitrogens with zero attached hydrogens (tertiary/aromatic N) is 7. The van der Waals surface area contributed by atoms with E-state index in [0.29, 0.717) is 61.8 Å². The molecular weight excluding hydrogens is 614 g/mol. The lowest BCUT2D eigenvalue weighted by Crippen LogP contribution is -2.41. The fourth-order valence-electron chi connectivity index (χ4n) is 5.28. The molecule has 1 aliphatic heterocycles. The van der Waals surface area contributed by atoms with Crippen LogP contribution in [0.2, 0.25) is 0 Å². The van der Waals surface area contributed by atoms with Crippen molar-refractivity contribution in [2.75, 3.05) is 56.8 Å². The molecule has 0 unspecified atom stereocenters. The first-order valence-corrected chi connectivity index (χ1v) is 16.2. The van der Waals surface area contributed by atoms with Crippen LogP contribution in [0.15, 0.2) is 52.7 Å². The summed E-state index contributed by atoms with van der Waals surface area (Å²) in [6.45, 7) is 10.8. The highest BCUT2D eigenvalue weighted by Gasteiger charge is 2.39. The smallest absolute Gasteiger partial charge is 0.281 e. The number of azide groups is 1. The number of aryl methyl sites for hydroxylation is 1. The fourth-order valence-corrected chi connectivity index (χ4v) is 6.23. The highest BCUT2D eigenvalue weighted by atomic mass is 32.2. The van der Waals surface area contributed by atoms with E-state index in [1.165, 1.54) is 18.2 Å². The Bertz CT molecular complexity index is 1700. The average Bonchev–Trinajstić information content (AvgIpc) is 3.29. The summed E-state index contributed by atoms with van der Waals surface area (Å²) < 4.78 is 44.7. The molecule has 1 aliphatic rings. The van der Waals surface area contributed by atoms with Crippen molar-refractivity contribution in [2.45, 2.75) is 44.7 Å². The predicted octanol–water partition coefficient (Wildman–Crippen LogP) is 3.90. The highest BCUT2D eigenvalue weighted by Crippen LogP contribution is 2.38. The number of pyridine rings is 3. The van der Waals surface area contributed by atoms with Gasteiger partial charge < -0.3 is 24.8 Å². The molecule has 0 aliphatic carbocycles. The fraction of sp³-hybridized carbons (Fsp3) is 0.467. The molecule has 4 heterocycles. The van der Waals surface area contributed by atoms with Crippen LogP contribution in [0.3, 0.4) is 0 Å². The molecule has 3 aromatic heterocycles. The van der Waals surface area contributed by atoms with Crippen molar-refractivity contribution in [3.05, 3.63) is 64.2 Å². The number of rotatable bonds is 15. The van der Waals surface area contributed by atoms with Gasteiger partial charge in [0, 0.05) is 40.9 Å². The van der Waals surface area contributed by atoms with E-state index < -0.39 is 15.9 Å². The third-order valence-electron chi connectivity index (χ3n) is 7.26. The minimum atomic E-state index is -4.29. The van der Waals surface area contributed by atoms with Crippen molar-refractivity contribution in [1.82, 2.24) is 19.7 Å². The number of nitrogen functional groups attached to an aromatic ring is 1. The number of nitrogens with one attached hydrogen (secondary N) is 1. The van der Waals surface area contributed by atoms with E-state index in [2.05, 4.69) is 45.5 Å². The molecule has 0 spiro atoms. The second kappa shape index (κ2) is 15.2. The van der Waals surface area contributed by atoms with Crippen molar-refractivity contribution < 1.29 is 27.4 Å².